The number of rotatable bonds is 5. The van der Waals surface area contributed by atoms with Crippen molar-refractivity contribution >= 4 is 27.6 Å². The number of nitrogens with one attached hydrogen (secondary N) is 1. The molecule has 9 heteroatoms. The van der Waals surface area contributed by atoms with Crippen LogP contribution in [-0.2, 0) is 10.0 Å². The van der Waals surface area contributed by atoms with Gasteiger partial charge >= 0.3 is 5.69 Å². The van der Waals surface area contributed by atoms with Crippen LogP contribution in [0, 0.1) is 11.8 Å². The van der Waals surface area contributed by atoms with E-state index >= 15 is 0 Å². The number of thioether (sulfide) groups is 1. The quantitative estimate of drug-likeness (QED) is 0.747. The van der Waals surface area contributed by atoms with Crippen molar-refractivity contribution in [2.45, 2.75) is 43.7 Å². The molecule has 0 radical (unpaired) electrons. The van der Waals surface area contributed by atoms with Gasteiger partial charge in [-0.25, -0.2) is 17.9 Å². The van der Waals surface area contributed by atoms with Crippen molar-refractivity contribution in [1.29, 1.82) is 0 Å². The lowest BCUT2D eigenvalue weighted by molar-refractivity contribution is 0.570. The van der Waals surface area contributed by atoms with Gasteiger partial charge in [-0.2, -0.15) is 4.98 Å². The molecule has 3 N–H and O–H groups in total. The monoisotopic (exact) mass is 370 g/mol. The molecule has 0 aromatic carbocycles. The number of hydrogen-bond donors (Lipinski definition) is 2. The fraction of sp³-hybridized carbons (Fsp3) is 0.600. The van der Waals surface area contributed by atoms with Gasteiger partial charge in [0, 0.05) is 6.20 Å². The van der Waals surface area contributed by atoms with Crippen molar-refractivity contribution < 1.29 is 8.42 Å². The maximum absolute atomic E-state index is 12.0. The summed E-state index contributed by atoms with van der Waals surface area (Å²) in [4.78, 5) is 15.8. The van der Waals surface area contributed by atoms with Crippen LogP contribution in [0.3, 0.4) is 0 Å². The van der Waals surface area contributed by atoms with Crippen molar-refractivity contribution in [2.24, 2.45) is 0 Å². The second-order valence-corrected chi connectivity index (χ2v) is 9.05. The number of nitrogen functional groups attached to an aromatic ring is 1. The van der Waals surface area contributed by atoms with Crippen molar-refractivity contribution in [3.8, 4) is 11.8 Å². The second kappa shape index (κ2) is 8.05. The predicted octanol–water partition coefficient (Wildman–Crippen LogP) is 0.920. The highest BCUT2D eigenvalue weighted by Gasteiger charge is 2.20. The molecule has 1 fully saturated rings. The summed E-state index contributed by atoms with van der Waals surface area (Å²) in [5.74, 6) is 6.61. The molecule has 24 heavy (non-hydrogen) atoms. The molecule has 2 rings (SSSR count). The first-order valence-corrected chi connectivity index (χ1v) is 10.4. The van der Waals surface area contributed by atoms with Crippen LogP contribution in [0.5, 0.6) is 0 Å². The van der Waals surface area contributed by atoms with Gasteiger partial charge in [0.1, 0.15) is 5.82 Å². The third-order valence-corrected chi connectivity index (χ3v) is 7.20. The smallest absolute Gasteiger partial charge is 0.350 e. The lowest BCUT2D eigenvalue weighted by Gasteiger charge is -2.12. The predicted molar refractivity (Wildman–Crippen MR) is 97.2 cm³/mol. The van der Waals surface area contributed by atoms with E-state index in [1.165, 1.54) is 0 Å². The minimum absolute atomic E-state index is 0.0105. The zero-order chi connectivity index (χ0) is 17.7. The van der Waals surface area contributed by atoms with Gasteiger partial charge in [-0.15, -0.1) is 11.8 Å². The number of anilines is 1. The van der Waals surface area contributed by atoms with Gasteiger partial charge in [-0.05, 0) is 31.9 Å². The summed E-state index contributed by atoms with van der Waals surface area (Å²) < 4.78 is 27.7. The Morgan fingerprint density at radius 3 is 2.96 bits per heavy atom. The van der Waals surface area contributed by atoms with Gasteiger partial charge in [0.05, 0.1) is 22.7 Å². The normalized spacial score (nSPS) is 18.8. The summed E-state index contributed by atoms with van der Waals surface area (Å²) in [6.07, 6.45) is 4.12. The van der Waals surface area contributed by atoms with Gasteiger partial charge in [-0.1, -0.05) is 18.8 Å². The first-order chi connectivity index (χ1) is 11.3. The maximum Gasteiger partial charge on any atom is 0.350 e. The van der Waals surface area contributed by atoms with E-state index in [1.807, 2.05) is 6.92 Å². The van der Waals surface area contributed by atoms with E-state index in [2.05, 4.69) is 21.5 Å². The van der Waals surface area contributed by atoms with Crippen molar-refractivity contribution in [3.63, 3.8) is 0 Å². The first kappa shape index (κ1) is 18.8. The van der Waals surface area contributed by atoms with Crippen LogP contribution in [0.15, 0.2) is 11.0 Å². The Morgan fingerprint density at radius 2 is 2.33 bits per heavy atom. The summed E-state index contributed by atoms with van der Waals surface area (Å²) in [5.41, 5.74) is 5.81. The topological polar surface area (TPSA) is 107 Å². The Morgan fingerprint density at radius 1 is 1.58 bits per heavy atom. The molecule has 1 aliphatic rings. The van der Waals surface area contributed by atoms with Crippen LogP contribution in [0.1, 0.15) is 44.0 Å². The minimum atomic E-state index is -3.36. The Labute approximate surface area is 146 Å². The average Bonchev–Trinajstić information content (AvgIpc) is 3.06. The zero-order valence-electron chi connectivity index (χ0n) is 13.8. The molecule has 0 saturated carbocycles. The van der Waals surface area contributed by atoms with Crippen LogP contribution in [0.2, 0.25) is 0 Å². The maximum atomic E-state index is 12.0. The van der Waals surface area contributed by atoms with Crippen LogP contribution in [0.25, 0.3) is 0 Å². The molecule has 7 nitrogen and oxygen atoms in total. The Bertz CT molecular complexity index is 802. The fourth-order valence-electron chi connectivity index (χ4n) is 2.20. The summed E-state index contributed by atoms with van der Waals surface area (Å²) in [6.45, 7) is 3.45. The first-order valence-electron chi connectivity index (χ1n) is 7.82. The van der Waals surface area contributed by atoms with E-state index in [0.717, 1.165) is 18.6 Å². The van der Waals surface area contributed by atoms with Crippen molar-refractivity contribution in [3.05, 3.63) is 22.2 Å². The summed E-state index contributed by atoms with van der Waals surface area (Å²) in [7, 11) is -3.36. The SMILES string of the molecule is CCC(C)S(=O)(=O)NCC#Cc1cn(C2CCCS2)c(=O)nc1N. The number of aromatic nitrogens is 2. The fourth-order valence-corrected chi connectivity index (χ4v) is 4.45. The van der Waals surface area contributed by atoms with E-state index < -0.39 is 15.3 Å². The van der Waals surface area contributed by atoms with Gasteiger partial charge in [0.2, 0.25) is 10.0 Å². The van der Waals surface area contributed by atoms with Crippen LogP contribution < -0.4 is 16.1 Å². The molecular formula is C15H22N4O3S2. The number of hydrogen-bond acceptors (Lipinski definition) is 6. The van der Waals surface area contributed by atoms with E-state index in [1.54, 1.807) is 29.4 Å². The van der Waals surface area contributed by atoms with E-state index in [4.69, 9.17) is 5.73 Å². The molecular weight excluding hydrogens is 348 g/mol. The summed E-state index contributed by atoms with van der Waals surface area (Å²) >= 11 is 1.70. The average molecular weight is 371 g/mol. The van der Waals surface area contributed by atoms with Gasteiger partial charge < -0.3 is 5.73 Å². The molecule has 0 spiro atoms. The number of sulfonamides is 1. The summed E-state index contributed by atoms with van der Waals surface area (Å²) in [6, 6.07) is 0. The Balaban J connectivity index is 2.13. The lowest BCUT2D eigenvalue weighted by atomic mass is 10.3. The standard InChI is InChI=1S/C15H22N4O3S2/c1-3-11(2)24(21,22)17-8-4-6-12-10-19(13-7-5-9-23-13)15(20)18-14(12)16/h10-11,13,17H,3,5,7-9H2,1-2H3,(H2,16,18,20). The highest BCUT2D eigenvalue weighted by molar-refractivity contribution is 7.99. The second-order valence-electron chi connectivity index (χ2n) is 5.58. The highest BCUT2D eigenvalue weighted by Crippen LogP contribution is 2.34. The molecule has 1 aliphatic heterocycles. The third kappa shape index (κ3) is 4.53. The largest absolute Gasteiger partial charge is 0.382 e. The van der Waals surface area contributed by atoms with Crippen LogP contribution in [0.4, 0.5) is 5.82 Å². The van der Waals surface area contributed by atoms with E-state index in [9.17, 15) is 13.2 Å². The van der Waals surface area contributed by atoms with E-state index in [-0.39, 0.29) is 23.4 Å². The third-order valence-electron chi connectivity index (χ3n) is 3.89. The summed E-state index contributed by atoms with van der Waals surface area (Å²) in [5, 5.41) is -0.401. The minimum Gasteiger partial charge on any atom is -0.382 e. The molecule has 132 valence electrons. The molecule has 1 saturated heterocycles. The number of nitrogens with zero attached hydrogens (tertiary/aromatic N) is 2. The molecule has 2 heterocycles. The zero-order valence-corrected chi connectivity index (χ0v) is 15.4. The molecule has 2 unspecified atom stereocenters. The highest BCUT2D eigenvalue weighted by atomic mass is 32.2. The Kier molecular flexibility index (Phi) is 6.32. The van der Waals surface area contributed by atoms with E-state index in [0.29, 0.717) is 12.0 Å². The van der Waals surface area contributed by atoms with Crippen LogP contribution >= 0.6 is 11.8 Å². The van der Waals surface area contributed by atoms with Gasteiger partial charge in [0.15, 0.2) is 0 Å². The molecule has 0 aliphatic carbocycles. The molecule has 0 amide bonds. The molecule has 0 bridgehead atoms. The number of nitrogens with two attached hydrogens (primary N) is 1. The van der Waals surface area contributed by atoms with Gasteiger partial charge in [0.25, 0.3) is 0 Å². The van der Waals surface area contributed by atoms with Crippen molar-refractivity contribution in [2.75, 3.05) is 18.0 Å². The Hall–Kier alpha value is -1.50. The molecule has 2 atom stereocenters. The molecule has 1 aromatic heterocycles. The molecule has 1 aromatic rings. The lowest BCUT2D eigenvalue weighted by Crippen LogP contribution is -2.32. The van der Waals surface area contributed by atoms with Crippen LogP contribution in [-0.4, -0.2) is 35.5 Å². The van der Waals surface area contributed by atoms with Crippen molar-refractivity contribution in [1.82, 2.24) is 14.3 Å². The van der Waals surface area contributed by atoms with Gasteiger partial charge in [-0.3, -0.25) is 4.57 Å².